The highest BCUT2D eigenvalue weighted by Gasteiger charge is 2.17. The average molecular weight is 231 g/mol. The first kappa shape index (κ1) is 13.6. The fourth-order valence-corrected chi connectivity index (χ4v) is 1.92. The smallest absolute Gasteiger partial charge is 0.121 e. The highest BCUT2D eigenvalue weighted by Crippen LogP contribution is 2.27. The lowest BCUT2D eigenvalue weighted by atomic mass is 9.87. The molecular weight excluding hydrogens is 213 g/mol. The van der Waals surface area contributed by atoms with Crippen LogP contribution in [0.4, 0.5) is 5.69 Å². The summed E-state index contributed by atoms with van der Waals surface area (Å²) in [5.41, 5.74) is 9.64. The molecular formula is C13H18BNO2. The molecule has 3 nitrogen and oxygen atoms in total. The summed E-state index contributed by atoms with van der Waals surface area (Å²) in [6.45, 7) is 4.31. The van der Waals surface area contributed by atoms with Crippen LogP contribution >= 0.6 is 0 Å². The number of benzene rings is 1. The Balaban J connectivity index is 0.000000437. The molecule has 0 fully saturated rings. The molecule has 1 aliphatic heterocycles. The van der Waals surface area contributed by atoms with E-state index in [0.29, 0.717) is 11.2 Å². The van der Waals surface area contributed by atoms with Gasteiger partial charge in [0.2, 0.25) is 0 Å². The molecule has 0 spiro atoms. The van der Waals surface area contributed by atoms with E-state index in [1.807, 2.05) is 0 Å². The summed E-state index contributed by atoms with van der Waals surface area (Å²) in [5, 5.41) is 0. The largest absolute Gasteiger partial charge is 0.494 e. The van der Waals surface area contributed by atoms with E-state index < -0.39 is 0 Å². The van der Waals surface area contributed by atoms with Gasteiger partial charge in [-0.05, 0) is 36.0 Å². The minimum atomic E-state index is 0.628. The Labute approximate surface area is 104 Å². The van der Waals surface area contributed by atoms with E-state index in [0.717, 1.165) is 43.5 Å². The summed E-state index contributed by atoms with van der Waals surface area (Å²) in [4.78, 5) is 8.81. The van der Waals surface area contributed by atoms with Crippen molar-refractivity contribution in [3.05, 3.63) is 17.2 Å². The second kappa shape index (κ2) is 6.33. The summed E-state index contributed by atoms with van der Waals surface area (Å²) >= 11 is 0. The average Bonchev–Trinajstić information content (AvgIpc) is 2.75. The molecule has 0 amide bonds. The summed E-state index contributed by atoms with van der Waals surface area (Å²) in [7, 11) is 5.92. The van der Waals surface area contributed by atoms with Crippen LogP contribution in [0.5, 0.6) is 5.75 Å². The molecule has 0 aliphatic carbocycles. The van der Waals surface area contributed by atoms with E-state index in [4.69, 9.17) is 23.1 Å². The minimum absolute atomic E-state index is 0.628. The number of anilines is 1. The van der Waals surface area contributed by atoms with Gasteiger partial charge < -0.3 is 15.3 Å². The first-order chi connectivity index (χ1) is 8.15. The van der Waals surface area contributed by atoms with Gasteiger partial charge in [-0.2, -0.15) is 0 Å². The normalized spacial score (nSPS) is 12.1. The third-order valence-corrected chi connectivity index (χ3v) is 2.66. The molecule has 17 heavy (non-hydrogen) atoms. The Morgan fingerprint density at radius 1 is 1.59 bits per heavy atom. The Kier molecular flexibility index (Phi) is 5.07. The lowest BCUT2D eigenvalue weighted by Crippen LogP contribution is -2.15. The van der Waals surface area contributed by atoms with Crippen LogP contribution < -0.4 is 15.9 Å². The van der Waals surface area contributed by atoms with Crippen molar-refractivity contribution < 1.29 is 9.53 Å². The van der Waals surface area contributed by atoms with Gasteiger partial charge in [0.15, 0.2) is 0 Å². The first-order valence-corrected chi connectivity index (χ1v) is 5.87. The molecule has 2 radical (unpaired) electrons. The molecule has 1 aliphatic rings. The predicted molar refractivity (Wildman–Crippen MR) is 71.2 cm³/mol. The number of rotatable bonds is 2. The molecule has 1 heterocycles. The Morgan fingerprint density at radius 3 is 2.82 bits per heavy atom. The van der Waals surface area contributed by atoms with Gasteiger partial charge >= 0.3 is 0 Å². The minimum Gasteiger partial charge on any atom is -0.494 e. The number of carbonyl (C=O) groups is 1. The number of aldehydes is 1. The van der Waals surface area contributed by atoms with E-state index in [1.54, 1.807) is 0 Å². The molecule has 90 valence electrons. The Morgan fingerprint density at radius 2 is 2.24 bits per heavy atom. The topological polar surface area (TPSA) is 52.3 Å². The fraction of sp³-hybridized carbons (Fsp3) is 0.462. The van der Waals surface area contributed by atoms with E-state index >= 15 is 0 Å². The molecule has 1 aromatic rings. The van der Waals surface area contributed by atoms with Crippen LogP contribution in [0, 0.1) is 0 Å². The molecule has 4 heteroatoms. The number of fused-ring (bicyclic) bond motifs is 1. The van der Waals surface area contributed by atoms with Crippen LogP contribution in [0.15, 0.2) is 6.07 Å². The van der Waals surface area contributed by atoms with Crippen molar-refractivity contribution >= 4 is 25.3 Å². The van der Waals surface area contributed by atoms with Gasteiger partial charge in [0.25, 0.3) is 0 Å². The van der Waals surface area contributed by atoms with Gasteiger partial charge in [-0.1, -0.05) is 13.3 Å². The standard InChI is InChI=1S/C11H14BNO.C2H4O/c1-2-3-7-6-8-4-5-14-11(8)9(12)10(7)13;1-2-3/h6H,2-5,13H2,1H3;2H,1H3. The highest BCUT2D eigenvalue weighted by molar-refractivity contribution is 6.38. The van der Waals surface area contributed by atoms with Crippen molar-refractivity contribution in [2.45, 2.75) is 33.1 Å². The van der Waals surface area contributed by atoms with Crippen molar-refractivity contribution in [1.29, 1.82) is 0 Å². The monoisotopic (exact) mass is 231 g/mol. The third kappa shape index (κ3) is 3.02. The summed E-state index contributed by atoms with van der Waals surface area (Å²) < 4.78 is 5.44. The van der Waals surface area contributed by atoms with E-state index in [2.05, 4.69) is 13.0 Å². The van der Waals surface area contributed by atoms with Crippen LogP contribution in [-0.2, 0) is 17.6 Å². The van der Waals surface area contributed by atoms with Crippen molar-refractivity contribution in [2.24, 2.45) is 0 Å². The number of nitrogen functional groups attached to an aromatic ring is 1. The molecule has 0 saturated carbocycles. The van der Waals surface area contributed by atoms with Crippen LogP contribution in [0.1, 0.15) is 31.4 Å². The van der Waals surface area contributed by atoms with Gasteiger partial charge in [0.1, 0.15) is 19.9 Å². The molecule has 0 atom stereocenters. The van der Waals surface area contributed by atoms with Crippen LogP contribution in [-0.4, -0.2) is 20.7 Å². The number of aryl methyl sites for hydroxylation is 1. The van der Waals surface area contributed by atoms with E-state index in [-0.39, 0.29) is 0 Å². The van der Waals surface area contributed by atoms with E-state index in [9.17, 15) is 0 Å². The van der Waals surface area contributed by atoms with Crippen LogP contribution in [0.3, 0.4) is 0 Å². The maximum atomic E-state index is 8.81. The first-order valence-electron chi connectivity index (χ1n) is 5.87. The summed E-state index contributed by atoms with van der Waals surface area (Å²) in [5.74, 6) is 0.808. The van der Waals surface area contributed by atoms with Gasteiger partial charge in [-0.15, -0.1) is 0 Å². The zero-order valence-electron chi connectivity index (χ0n) is 10.5. The van der Waals surface area contributed by atoms with Crippen LogP contribution in [0.25, 0.3) is 0 Å². The molecule has 1 aromatic carbocycles. The van der Waals surface area contributed by atoms with Gasteiger partial charge in [-0.3, -0.25) is 0 Å². The molecule has 0 aromatic heterocycles. The van der Waals surface area contributed by atoms with E-state index in [1.165, 1.54) is 12.5 Å². The predicted octanol–water partition coefficient (Wildman–Crippen LogP) is 1.16. The van der Waals surface area contributed by atoms with Gasteiger partial charge in [-0.25, -0.2) is 0 Å². The summed E-state index contributed by atoms with van der Waals surface area (Å²) in [6.07, 6.45) is 3.78. The Bertz CT molecular complexity index is 405. The number of nitrogens with two attached hydrogens (primary N) is 1. The van der Waals surface area contributed by atoms with Gasteiger partial charge in [0, 0.05) is 12.1 Å². The highest BCUT2D eigenvalue weighted by atomic mass is 16.5. The van der Waals surface area contributed by atoms with Gasteiger partial charge in [0.05, 0.1) is 6.61 Å². The fourth-order valence-electron chi connectivity index (χ4n) is 1.92. The lowest BCUT2D eigenvalue weighted by Gasteiger charge is -2.12. The molecule has 0 bridgehead atoms. The second-order valence-corrected chi connectivity index (χ2v) is 3.94. The van der Waals surface area contributed by atoms with Crippen LogP contribution in [0.2, 0.25) is 0 Å². The summed E-state index contributed by atoms with van der Waals surface area (Å²) in [6, 6.07) is 2.14. The number of carbonyl (C=O) groups excluding carboxylic acids is 1. The SMILES string of the molecule is CC=O.[B]c1c(N)c(CCC)cc2c1OCC2. The number of hydrogen-bond acceptors (Lipinski definition) is 3. The molecule has 2 rings (SSSR count). The molecule has 0 unspecified atom stereocenters. The third-order valence-electron chi connectivity index (χ3n) is 2.66. The number of hydrogen-bond donors (Lipinski definition) is 1. The Hall–Kier alpha value is -1.45. The van der Waals surface area contributed by atoms with Crippen molar-refractivity contribution in [3.8, 4) is 5.75 Å². The maximum Gasteiger partial charge on any atom is 0.121 e. The zero-order chi connectivity index (χ0) is 12.8. The second-order valence-electron chi connectivity index (χ2n) is 3.94. The zero-order valence-corrected chi connectivity index (χ0v) is 10.5. The van der Waals surface area contributed by atoms with Crippen molar-refractivity contribution in [2.75, 3.05) is 12.3 Å². The quantitative estimate of drug-likeness (QED) is 0.472. The van der Waals surface area contributed by atoms with Crippen molar-refractivity contribution in [3.63, 3.8) is 0 Å². The van der Waals surface area contributed by atoms with Crippen molar-refractivity contribution in [1.82, 2.24) is 0 Å². The lowest BCUT2D eigenvalue weighted by molar-refractivity contribution is -0.106. The number of ether oxygens (including phenoxy) is 1. The molecule has 0 saturated heterocycles. The maximum absolute atomic E-state index is 8.81. The molecule has 2 N–H and O–H groups in total.